The Morgan fingerprint density at radius 1 is 1.35 bits per heavy atom. The number of aromatic nitrogens is 2. The molecule has 0 spiro atoms. The molecule has 1 aliphatic rings. The van der Waals surface area contributed by atoms with Crippen molar-refractivity contribution in [1.82, 2.24) is 9.78 Å². The molecule has 0 bridgehead atoms. The SMILES string of the molecule is COc1ccc(Cn2cc(C3CCC(F)(F)CC3O)cn2)cc1. The van der Waals surface area contributed by atoms with E-state index in [1.165, 1.54) is 0 Å². The Balaban J connectivity index is 1.68. The van der Waals surface area contributed by atoms with Gasteiger partial charge < -0.3 is 9.84 Å². The van der Waals surface area contributed by atoms with Gasteiger partial charge in [0.25, 0.3) is 5.92 Å². The van der Waals surface area contributed by atoms with Crippen molar-refractivity contribution in [3.8, 4) is 5.75 Å². The van der Waals surface area contributed by atoms with Crippen LogP contribution in [0.15, 0.2) is 36.7 Å². The summed E-state index contributed by atoms with van der Waals surface area (Å²) in [4.78, 5) is 0. The van der Waals surface area contributed by atoms with Crippen LogP contribution >= 0.6 is 0 Å². The van der Waals surface area contributed by atoms with E-state index in [1.54, 1.807) is 18.0 Å². The molecule has 0 radical (unpaired) electrons. The van der Waals surface area contributed by atoms with Crippen LogP contribution in [0.5, 0.6) is 5.75 Å². The Labute approximate surface area is 133 Å². The predicted molar refractivity (Wildman–Crippen MR) is 81.9 cm³/mol. The standard InChI is InChI=1S/C17H20F2N2O2/c1-23-14-4-2-12(3-5-14)10-21-11-13(9-20-21)15-6-7-17(18,19)8-16(15)22/h2-5,9,11,15-16,22H,6-8,10H2,1H3. The smallest absolute Gasteiger partial charge is 0.250 e. The topological polar surface area (TPSA) is 47.3 Å². The Hall–Kier alpha value is -1.95. The molecule has 1 aliphatic carbocycles. The second-order valence-electron chi connectivity index (χ2n) is 6.09. The van der Waals surface area contributed by atoms with Gasteiger partial charge in [-0.2, -0.15) is 5.10 Å². The summed E-state index contributed by atoms with van der Waals surface area (Å²) in [6.45, 7) is 0.586. The highest BCUT2D eigenvalue weighted by atomic mass is 19.3. The molecular formula is C17H20F2N2O2. The number of aliphatic hydroxyl groups excluding tert-OH is 1. The first kappa shape index (κ1) is 15.9. The van der Waals surface area contributed by atoms with Crippen LogP contribution in [0, 0.1) is 0 Å². The lowest BCUT2D eigenvalue weighted by molar-refractivity contribution is -0.0839. The second-order valence-corrected chi connectivity index (χ2v) is 6.09. The van der Waals surface area contributed by atoms with Gasteiger partial charge in [-0.3, -0.25) is 4.68 Å². The number of rotatable bonds is 4. The molecule has 3 rings (SSSR count). The third-order valence-electron chi connectivity index (χ3n) is 4.38. The van der Waals surface area contributed by atoms with Gasteiger partial charge in [-0.15, -0.1) is 0 Å². The first-order valence-corrected chi connectivity index (χ1v) is 7.68. The first-order chi connectivity index (χ1) is 11.0. The zero-order valence-corrected chi connectivity index (χ0v) is 13.0. The molecule has 1 aromatic carbocycles. The summed E-state index contributed by atoms with van der Waals surface area (Å²) >= 11 is 0. The molecular weight excluding hydrogens is 302 g/mol. The van der Waals surface area contributed by atoms with Crippen LogP contribution in [0.2, 0.25) is 0 Å². The summed E-state index contributed by atoms with van der Waals surface area (Å²) in [6.07, 6.45) is 2.11. The fourth-order valence-electron chi connectivity index (χ4n) is 3.07. The molecule has 23 heavy (non-hydrogen) atoms. The molecule has 2 aromatic rings. The van der Waals surface area contributed by atoms with E-state index < -0.39 is 18.4 Å². The molecule has 1 heterocycles. The summed E-state index contributed by atoms with van der Waals surface area (Å²) in [5.74, 6) is -2.23. The van der Waals surface area contributed by atoms with Crippen LogP contribution in [-0.2, 0) is 6.54 Å². The van der Waals surface area contributed by atoms with Crippen molar-refractivity contribution in [3.63, 3.8) is 0 Å². The van der Waals surface area contributed by atoms with Crippen LogP contribution in [0.1, 0.15) is 36.3 Å². The van der Waals surface area contributed by atoms with Gasteiger partial charge >= 0.3 is 0 Å². The van der Waals surface area contributed by atoms with Crippen LogP contribution < -0.4 is 4.74 Å². The van der Waals surface area contributed by atoms with Crippen molar-refractivity contribution < 1.29 is 18.6 Å². The third-order valence-corrected chi connectivity index (χ3v) is 4.38. The zero-order valence-electron chi connectivity index (χ0n) is 13.0. The van der Waals surface area contributed by atoms with Crippen LogP contribution in [0.3, 0.4) is 0 Å². The minimum atomic E-state index is -2.75. The minimum absolute atomic E-state index is 0.182. The maximum absolute atomic E-state index is 13.3. The molecule has 2 atom stereocenters. The van der Waals surface area contributed by atoms with E-state index in [1.807, 2.05) is 30.5 Å². The van der Waals surface area contributed by atoms with Gasteiger partial charge in [-0.05, 0) is 29.7 Å². The number of hydrogen-bond acceptors (Lipinski definition) is 3. The summed E-state index contributed by atoms with van der Waals surface area (Å²) in [5.41, 5.74) is 1.89. The quantitative estimate of drug-likeness (QED) is 0.940. The highest BCUT2D eigenvalue weighted by molar-refractivity contribution is 5.27. The van der Waals surface area contributed by atoms with Gasteiger partial charge in [0.2, 0.25) is 0 Å². The zero-order chi connectivity index (χ0) is 16.4. The number of hydrogen-bond donors (Lipinski definition) is 1. The average Bonchev–Trinajstić information content (AvgIpc) is 2.95. The lowest BCUT2D eigenvalue weighted by Gasteiger charge is -2.32. The van der Waals surface area contributed by atoms with Crippen LogP contribution in [0.25, 0.3) is 0 Å². The van der Waals surface area contributed by atoms with E-state index in [0.717, 1.165) is 16.9 Å². The molecule has 0 amide bonds. The van der Waals surface area contributed by atoms with Crippen molar-refractivity contribution in [1.29, 1.82) is 0 Å². The molecule has 0 aliphatic heterocycles. The Bertz CT molecular complexity index is 655. The largest absolute Gasteiger partial charge is 0.497 e. The van der Waals surface area contributed by atoms with Gasteiger partial charge in [-0.25, -0.2) is 8.78 Å². The summed E-state index contributed by atoms with van der Waals surface area (Å²) in [5, 5.41) is 14.3. The predicted octanol–water partition coefficient (Wildman–Crippen LogP) is 3.20. The number of alkyl halides is 2. The number of benzene rings is 1. The maximum atomic E-state index is 13.3. The molecule has 1 fully saturated rings. The fraction of sp³-hybridized carbons (Fsp3) is 0.471. The molecule has 4 nitrogen and oxygen atoms in total. The highest BCUT2D eigenvalue weighted by Crippen LogP contribution is 2.40. The summed E-state index contributed by atoms with van der Waals surface area (Å²) < 4.78 is 33.5. The lowest BCUT2D eigenvalue weighted by atomic mass is 9.81. The van der Waals surface area contributed by atoms with E-state index in [0.29, 0.717) is 6.54 Å². The third kappa shape index (κ3) is 3.69. The van der Waals surface area contributed by atoms with Crippen LogP contribution in [-0.4, -0.2) is 34.0 Å². The van der Waals surface area contributed by atoms with E-state index in [4.69, 9.17) is 4.74 Å². The number of ether oxygens (including phenoxy) is 1. The number of nitrogens with zero attached hydrogens (tertiary/aromatic N) is 2. The first-order valence-electron chi connectivity index (χ1n) is 7.68. The summed E-state index contributed by atoms with van der Waals surface area (Å²) in [6, 6.07) is 7.67. The molecule has 2 unspecified atom stereocenters. The normalized spacial score (nSPS) is 23.7. The monoisotopic (exact) mass is 322 g/mol. The molecule has 6 heteroatoms. The van der Waals surface area contributed by atoms with Gasteiger partial charge in [0.15, 0.2) is 0 Å². The van der Waals surface area contributed by atoms with E-state index in [9.17, 15) is 13.9 Å². The fourth-order valence-corrected chi connectivity index (χ4v) is 3.07. The average molecular weight is 322 g/mol. The van der Waals surface area contributed by atoms with E-state index in [-0.39, 0.29) is 18.8 Å². The van der Waals surface area contributed by atoms with Crippen molar-refractivity contribution in [3.05, 3.63) is 47.8 Å². The van der Waals surface area contributed by atoms with Crippen LogP contribution in [0.4, 0.5) is 8.78 Å². The number of halogens is 2. The van der Waals surface area contributed by atoms with Crippen molar-refractivity contribution >= 4 is 0 Å². The number of aliphatic hydroxyl groups is 1. The van der Waals surface area contributed by atoms with Gasteiger partial charge in [0.1, 0.15) is 5.75 Å². The summed E-state index contributed by atoms with van der Waals surface area (Å²) in [7, 11) is 1.62. The van der Waals surface area contributed by atoms with Crippen molar-refractivity contribution in [2.45, 2.75) is 43.8 Å². The van der Waals surface area contributed by atoms with E-state index in [2.05, 4.69) is 5.10 Å². The van der Waals surface area contributed by atoms with Crippen molar-refractivity contribution in [2.75, 3.05) is 7.11 Å². The number of methoxy groups -OCH3 is 1. The second kappa shape index (κ2) is 6.28. The molecule has 1 saturated carbocycles. The maximum Gasteiger partial charge on any atom is 0.250 e. The van der Waals surface area contributed by atoms with Gasteiger partial charge in [0.05, 0.1) is 26.0 Å². The Morgan fingerprint density at radius 3 is 2.74 bits per heavy atom. The highest BCUT2D eigenvalue weighted by Gasteiger charge is 2.41. The van der Waals surface area contributed by atoms with Crippen molar-refractivity contribution in [2.24, 2.45) is 0 Å². The molecule has 124 valence electrons. The molecule has 1 aromatic heterocycles. The van der Waals surface area contributed by atoms with Gasteiger partial charge in [0, 0.05) is 25.0 Å². The Kier molecular flexibility index (Phi) is 4.35. The van der Waals surface area contributed by atoms with Gasteiger partial charge in [-0.1, -0.05) is 12.1 Å². The Morgan fingerprint density at radius 2 is 2.09 bits per heavy atom. The molecule has 0 saturated heterocycles. The molecule has 1 N–H and O–H groups in total. The minimum Gasteiger partial charge on any atom is -0.497 e. The lowest BCUT2D eigenvalue weighted by Crippen LogP contribution is -2.34. The van der Waals surface area contributed by atoms with E-state index >= 15 is 0 Å².